The van der Waals surface area contributed by atoms with Crippen molar-refractivity contribution in [3.63, 3.8) is 0 Å². The molecular formula is C16H17ClN4O2S2. The third kappa shape index (κ3) is 3.83. The second-order valence-corrected chi connectivity index (χ2v) is 8.41. The third-order valence-corrected chi connectivity index (χ3v) is 6.23. The predicted molar refractivity (Wildman–Crippen MR) is 100 cm³/mol. The Labute approximate surface area is 155 Å². The standard InChI is InChI=1S/C16H17ClN4O2S2/c1-21(2)14(11-6-3-4-7-12(11)17)10-18-25(22,23)15-9-5-8-13-16(15)20-24-19-13/h3-9,14,18H,10H2,1-2H3. The molecule has 6 nitrogen and oxygen atoms in total. The third-order valence-electron chi connectivity index (χ3n) is 3.89. The predicted octanol–water partition coefficient (Wildman–Crippen LogP) is 2.93. The topological polar surface area (TPSA) is 75.2 Å². The molecule has 0 bridgehead atoms. The maximum atomic E-state index is 12.8. The highest BCUT2D eigenvalue weighted by Gasteiger charge is 2.23. The van der Waals surface area contributed by atoms with Gasteiger partial charge in [-0.2, -0.15) is 8.75 Å². The van der Waals surface area contributed by atoms with Gasteiger partial charge >= 0.3 is 0 Å². The number of nitrogens with one attached hydrogen (secondary N) is 1. The van der Waals surface area contributed by atoms with Crippen LogP contribution in [0.5, 0.6) is 0 Å². The first-order valence-corrected chi connectivity index (χ1v) is 10.1. The van der Waals surface area contributed by atoms with Crippen LogP contribution in [0.2, 0.25) is 5.02 Å². The molecule has 0 saturated heterocycles. The van der Waals surface area contributed by atoms with E-state index in [2.05, 4.69) is 13.5 Å². The van der Waals surface area contributed by atoms with Crippen molar-refractivity contribution >= 4 is 44.4 Å². The van der Waals surface area contributed by atoms with E-state index in [1.165, 1.54) is 6.07 Å². The zero-order valence-electron chi connectivity index (χ0n) is 13.7. The van der Waals surface area contributed by atoms with Gasteiger partial charge in [0.25, 0.3) is 0 Å². The summed E-state index contributed by atoms with van der Waals surface area (Å²) in [5.41, 5.74) is 1.83. The fourth-order valence-electron chi connectivity index (χ4n) is 2.58. The van der Waals surface area contributed by atoms with Gasteiger partial charge in [-0.1, -0.05) is 35.9 Å². The van der Waals surface area contributed by atoms with Gasteiger partial charge in [-0.15, -0.1) is 0 Å². The van der Waals surface area contributed by atoms with Crippen LogP contribution in [0.15, 0.2) is 47.4 Å². The molecule has 25 heavy (non-hydrogen) atoms. The number of hydrogen-bond acceptors (Lipinski definition) is 6. The van der Waals surface area contributed by atoms with Crippen LogP contribution in [0.4, 0.5) is 0 Å². The summed E-state index contributed by atoms with van der Waals surface area (Å²) in [6.07, 6.45) is 0. The minimum absolute atomic E-state index is 0.135. The highest BCUT2D eigenvalue weighted by molar-refractivity contribution is 7.89. The molecule has 0 radical (unpaired) electrons. The Morgan fingerprint density at radius 2 is 1.92 bits per heavy atom. The molecule has 3 rings (SSSR count). The number of aromatic nitrogens is 2. The molecule has 2 aromatic carbocycles. The molecule has 9 heteroatoms. The Hall–Kier alpha value is -1.58. The van der Waals surface area contributed by atoms with Crippen LogP contribution < -0.4 is 4.72 Å². The van der Waals surface area contributed by atoms with E-state index in [-0.39, 0.29) is 17.5 Å². The summed E-state index contributed by atoms with van der Waals surface area (Å²) in [5, 5.41) is 0.603. The van der Waals surface area contributed by atoms with Gasteiger partial charge in [0.15, 0.2) is 0 Å². The maximum Gasteiger partial charge on any atom is 0.242 e. The normalized spacial score (nSPS) is 13.4. The average Bonchev–Trinajstić information content (AvgIpc) is 3.04. The zero-order valence-corrected chi connectivity index (χ0v) is 16.1. The minimum Gasteiger partial charge on any atom is -0.301 e. The second kappa shape index (κ2) is 7.35. The fourth-order valence-corrected chi connectivity index (χ4v) is 4.65. The van der Waals surface area contributed by atoms with Gasteiger partial charge in [-0.25, -0.2) is 13.1 Å². The number of benzene rings is 2. The highest BCUT2D eigenvalue weighted by Crippen LogP contribution is 2.26. The first kappa shape index (κ1) is 18.2. The molecule has 0 aliphatic carbocycles. The van der Waals surface area contributed by atoms with Crippen LogP contribution >= 0.6 is 23.3 Å². The van der Waals surface area contributed by atoms with E-state index in [1.807, 2.05) is 37.2 Å². The summed E-state index contributed by atoms with van der Waals surface area (Å²) in [6.45, 7) is 0.188. The van der Waals surface area contributed by atoms with Gasteiger partial charge in [0.1, 0.15) is 15.9 Å². The van der Waals surface area contributed by atoms with Gasteiger partial charge in [0.05, 0.1) is 11.7 Å². The lowest BCUT2D eigenvalue weighted by atomic mass is 10.1. The van der Waals surface area contributed by atoms with E-state index in [4.69, 9.17) is 11.6 Å². The van der Waals surface area contributed by atoms with Crippen molar-refractivity contribution in [1.29, 1.82) is 0 Å². The highest BCUT2D eigenvalue weighted by atomic mass is 35.5. The molecule has 1 unspecified atom stereocenters. The van der Waals surface area contributed by atoms with Crippen LogP contribution in [0.1, 0.15) is 11.6 Å². The fraction of sp³-hybridized carbons (Fsp3) is 0.250. The summed E-state index contributed by atoms with van der Waals surface area (Å²) >= 11 is 7.27. The second-order valence-electron chi connectivity index (χ2n) is 5.74. The van der Waals surface area contributed by atoms with E-state index >= 15 is 0 Å². The molecule has 1 N–H and O–H groups in total. The van der Waals surface area contributed by atoms with Crippen LogP contribution in [0.3, 0.4) is 0 Å². The summed E-state index contributed by atoms with van der Waals surface area (Å²) in [5.74, 6) is 0. The molecule has 1 aromatic heterocycles. The quantitative estimate of drug-likeness (QED) is 0.693. The van der Waals surface area contributed by atoms with Crippen LogP contribution in [-0.4, -0.2) is 42.7 Å². The first-order valence-electron chi connectivity index (χ1n) is 7.52. The molecule has 0 saturated carbocycles. The van der Waals surface area contributed by atoms with Gasteiger partial charge in [0, 0.05) is 17.6 Å². The molecule has 0 aliphatic rings. The average molecular weight is 397 g/mol. The van der Waals surface area contributed by atoms with Crippen molar-refractivity contribution in [3.05, 3.63) is 53.1 Å². The molecule has 0 spiro atoms. The molecule has 0 fully saturated rings. The molecule has 132 valence electrons. The maximum absolute atomic E-state index is 12.8. The van der Waals surface area contributed by atoms with Crippen molar-refractivity contribution in [2.75, 3.05) is 20.6 Å². The van der Waals surface area contributed by atoms with Crippen molar-refractivity contribution in [2.45, 2.75) is 10.9 Å². The van der Waals surface area contributed by atoms with E-state index in [0.29, 0.717) is 16.1 Å². The number of likely N-dealkylation sites (N-methyl/N-ethyl adjacent to an activating group) is 1. The van der Waals surface area contributed by atoms with Gasteiger partial charge in [0.2, 0.25) is 10.0 Å². The van der Waals surface area contributed by atoms with Gasteiger partial charge in [-0.3, -0.25) is 0 Å². The lowest BCUT2D eigenvalue weighted by Gasteiger charge is -2.26. The molecule has 1 heterocycles. The molecule has 1 atom stereocenters. The van der Waals surface area contributed by atoms with E-state index in [9.17, 15) is 8.42 Å². The number of sulfonamides is 1. The summed E-state index contributed by atoms with van der Waals surface area (Å²) in [4.78, 5) is 2.06. The lowest BCUT2D eigenvalue weighted by molar-refractivity contribution is 0.299. The van der Waals surface area contributed by atoms with E-state index in [1.54, 1.807) is 18.2 Å². The van der Waals surface area contributed by atoms with Crippen molar-refractivity contribution in [3.8, 4) is 0 Å². The molecule has 0 amide bonds. The Kier molecular flexibility index (Phi) is 5.35. The number of rotatable bonds is 6. The summed E-state index contributed by atoms with van der Waals surface area (Å²) in [6, 6.07) is 12.2. The Bertz CT molecular complexity index is 988. The molecule has 0 aliphatic heterocycles. The minimum atomic E-state index is -3.72. The van der Waals surface area contributed by atoms with Crippen LogP contribution in [-0.2, 0) is 10.0 Å². The SMILES string of the molecule is CN(C)C(CNS(=O)(=O)c1cccc2nsnc12)c1ccccc1Cl. The van der Waals surface area contributed by atoms with Crippen molar-refractivity contribution in [1.82, 2.24) is 18.4 Å². The monoisotopic (exact) mass is 396 g/mol. The first-order chi connectivity index (χ1) is 11.9. The number of nitrogens with zero attached hydrogens (tertiary/aromatic N) is 3. The smallest absolute Gasteiger partial charge is 0.242 e. The van der Waals surface area contributed by atoms with Crippen molar-refractivity contribution in [2.24, 2.45) is 0 Å². The number of fused-ring (bicyclic) bond motifs is 1. The van der Waals surface area contributed by atoms with Gasteiger partial charge in [-0.05, 0) is 37.9 Å². The van der Waals surface area contributed by atoms with Crippen molar-refractivity contribution < 1.29 is 8.42 Å². The van der Waals surface area contributed by atoms with Crippen LogP contribution in [0, 0.1) is 0 Å². The Morgan fingerprint density at radius 3 is 2.64 bits per heavy atom. The Morgan fingerprint density at radius 1 is 1.16 bits per heavy atom. The largest absolute Gasteiger partial charge is 0.301 e. The zero-order chi connectivity index (χ0) is 18.0. The van der Waals surface area contributed by atoms with Crippen LogP contribution in [0.25, 0.3) is 11.0 Å². The molecular weight excluding hydrogens is 380 g/mol. The van der Waals surface area contributed by atoms with E-state index in [0.717, 1.165) is 17.3 Å². The summed E-state index contributed by atoms with van der Waals surface area (Å²) < 4.78 is 36.4. The lowest BCUT2D eigenvalue weighted by Crippen LogP contribution is -2.34. The van der Waals surface area contributed by atoms with E-state index < -0.39 is 10.0 Å². The number of halogens is 1. The summed E-state index contributed by atoms with van der Waals surface area (Å²) in [7, 11) is 0.0428. The molecule has 3 aromatic rings. The van der Waals surface area contributed by atoms with Gasteiger partial charge < -0.3 is 4.90 Å². The number of hydrogen-bond donors (Lipinski definition) is 1. The Balaban J connectivity index is 1.88.